The second kappa shape index (κ2) is 11.3. The largest absolute Gasteiger partial charge is 0.326 e. The highest BCUT2D eigenvalue weighted by atomic mass is 35.5. The monoisotopic (exact) mass is 549 g/mol. The molecular weight excluding hydrogens is 522 g/mol. The number of hydrogen-bond acceptors (Lipinski definition) is 5. The zero-order valence-corrected chi connectivity index (χ0v) is 22.5. The highest BCUT2D eigenvalue weighted by molar-refractivity contribution is 7.92. The third-order valence-corrected chi connectivity index (χ3v) is 8.22. The van der Waals surface area contributed by atoms with Gasteiger partial charge in [0.25, 0.3) is 10.0 Å². The summed E-state index contributed by atoms with van der Waals surface area (Å²) in [5.74, 6) is -0.321. The van der Waals surface area contributed by atoms with Gasteiger partial charge in [-0.15, -0.1) is 0 Å². The Morgan fingerprint density at radius 1 is 0.917 bits per heavy atom. The normalized spacial score (nSPS) is 11.7. The van der Waals surface area contributed by atoms with E-state index >= 15 is 0 Å². The molecule has 0 aliphatic heterocycles. The number of hydrogen-bond donors (Lipinski definition) is 2. The number of anilines is 3. The maximum atomic E-state index is 12.8. The molecular formula is C25H28ClN3O5S2. The van der Waals surface area contributed by atoms with Crippen LogP contribution in [0.2, 0.25) is 5.02 Å². The summed E-state index contributed by atoms with van der Waals surface area (Å²) in [7, 11) is -7.36. The van der Waals surface area contributed by atoms with Gasteiger partial charge in [0.2, 0.25) is 15.9 Å². The predicted molar refractivity (Wildman–Crippen MR) is 145 cm³/mol. The number of aryl methyl sites for hydroxylation is 2. The van der Waals surface area contributed by atoms with Gasteiger partial charge >= 0.3 is 0 Å². The molecule has 0 unspecified atom stereocenters. The minimum absolute atomic E-state index is 0.0634. The third kappa shape index (κ3) is 7.22. The Bertz CT molecular complexity index is 1440. The van der Waals surface area contributed by atoms with Crippen LogP contribution in [0.1, 0.15) is 24.0 Å². The number of benzene rings is 3. The molecule has 0 aliphatic rings. The van der Waals surface area contributed by atoms with Gasteiger partial charge < -0.3 is 5.32 Å². The SMILES string of the molecule is Cc1cccc(C)c1NS(=O)(=O)c1ccc(NC(=O)CCCN(c2cccc(Cl)c2)S(C)(=O)=O)cc1. The van der Waals surface area contributed by atoms with Crippen molar-refractivity contribution in [3.8, 4) is 0 Å². The number of nitrogens with zero attached hydrogens (tertiary/aromatic N) is 1. The van der Waals surface area contributed by atoms with Crippen LogP contribution in [0.3, 0.4) is 0 Å². The molecule has 0 fully saturated rings. The second-order valence-electron chi connectivity index (χ2n) is 8.36. The first kappa shape index (κ1) is 27.5. The van der Waals surface area contributed by atoms with Crippen molar-refractivity contribution in [3.63, 3.8) is 0 Å². The van der Waals surface area contributed by atoms with Gasteiger partial charge in [0.1, 0.15) is 0 Å². The van der Waals surface area contributed by atoms with Gasteiger partial charge in [-0.05, 0) is 73.9 Å². The fourth-order valence-corrected chi connectivity index (χ4v) is 5.96. The zero-order chi connectivity index (χ0) is 26.5. The number of rotatable bonds is 10. The lowest BCUT2D eigenvalue weighted by Gasteiger charge is -2.22. The minimum atomic E-state index is -3.81. The van der Waals surface area contributed by atoms with E-state index in [2.05, 4.69) is 10.0 Å². The van der Waals surface area contributed by atoms with Crippen LogP contribution in [-0.4, -0.2) is 35.5 Å². The first-order valence-electron chi connectivity index (χ1n) is 11.1. The Kier molecular flexibility index (Phi) is 8.65. The molecule has 0 spiro atoms. The second-order valence-corrected chi connectivity index (χ2v) is 12.4. The molecule has 3 aromatic carbocycles. The first-order chi connectivity index (χ1) is 16.9. The van der Waals surface area contributed by atoms with Crippen molar-refractivity contribution in [1.29, 1.82) is 0 Å². The molecule has 1 amide bonds. The van der Waals surface area contributed by atoms with Crippen molar-refractivity contribution in [2.24, 2.45) is 0 Å². The van der Waals surface area contributed by atoms with Crippen molar-refractivity contribution >= 4 is 54.6 Å². The molecule has 3 rings (SSSR count). The highest BCUT2D eigenvalue weighted by Crippen LogP contribution is 2.25. The molecule has 0 aromatic heterocycles. The summed E-state index contributed by atoms with van der Waals surface area (Å²) in [4.78, 5) is 12.5. The van der Waals surface area contributed by atoms with Crippen LogP contribution >= 0.6 is 11.6 Å². The smallest absolute Gasteiger partial charge is 0.261 e. The Morgan fingerprint density at radius 3 is 2.11 bits per heavy atom. The zero-order valence-electron chi connectivity index (χ0n) is 20.2. The average molecular weight is 550 g/mol. The van der Waals surface area contributed by atoms with Crippen molar-refractivity contribution < 1.29 is 21.6 Å². The fraction of sp³-hybridized carbons (Fsp3) is 0.240. The molecule has 3 aromatic rings. The van der Waals surface area contributed by atoms with Crippen LogP contribution in [0.15, 0.2) is 71.6 Å². The molecule has 0 radical (unpaired) electrons. The van der Waals surface area contributed by atoms with E-state index in [1.165, 1.54) is 28.6 Å². The summed E-state index contributed by atoms with van der Waals surface area (Å²) in [5, 5.41) is 3.12. The third-order valence-electron chi connectivity index (χ3n) is 5.43. The number of carbonyl (C=O) groups is 1. The van der Waals surface area contributed by atoms with E-state index < -0.39 is 20.0 Å². The van der Waals surface area contributed by atoms with E-state index in [1.807, 2.05) is 32.0 Å². The number of carbonyl (C=O) groups excluding carboxylic acids is 1. The Morgan fingerprint density at radius 2 is 1.53 bits per heavy atom. The van der Waals surface area contributed by atoms with Crippen molar-refractivity contribution in [2.45, 2.75) is 31.6 Å². The average Bonchev–Trinajstić information content (AvgIpc) is 2.79. The molecule has 192 valence electrons. The van der Waals surface area contributed by atoms with Gasteiger partial charge in [-0.1, -0.05) is 35.9 Å². The lowest BCUT2D eigenvalue weighted by Crippen LogP contribution is -2.31. The fourth-order valence-electron chi connectivity index (χ4n) is 3.61. The van der Waals surface area contributed by atoms with Crippen molar-refractivity contribution in [3.05, 3.63) is 82.9 Å². The lowest BCUT2D eigenvalue weighted by atomic mass is 10.1. The predicted octanol–water partition coefficient (Wildman–Crippen LogP) is 4.94. The Hall–Kier alpha value is -3.08. The van der Waals surface area contributed by atoms with Gasteiger partial charge in [0, 0.05) is 23.7 Å². The van der Waals surface area contributed by atoms with Gasteiger partial charge in [-0.3, -0.25) is 13.8 Å². The van der Waals surface area contributed by atoms with Crippen LogP contribution in [-0.2, 0) is 24.8 Å². The maximum Gasteiger partial charge on any atom is 0.261 e. The number of amides is 1. The molecule has 36 heavy (non-hydrogen) atoms. The number of sulfonamides is 2. The Balaban J connectivity index is 1.60. The molecule has 0 atom stereocenters. The van der Waals surface area contributed by atoms with Crippen LogP contribution < -0.4 is 14.3 Å². The number of para-hydroxylation sites is 1. The summed E-state index contributed by atoms with van der Waals surface area (Å²) >= 11 is 5.98. The molecule has 0 saturated carbocycles. The molecule has 0 heterocycles. The number of halogens is 1. The standard InChI is InChI=1S/C25H28ClN3O5S2/c1-18-7-4-8-19(2)25(18)28-36(33,34)23-14-12-21(13-15-23)27-24(30)11-6-16-29(35(3,31)32)22-10-5-9-20(26)17-22/h4-5,7-10,12-15,17,28H,6,11,16H2,1-3H3,(H,27,30). The van der Waals surface area contributed by atoms with E-state index in [-0.39, 0.29) is 30.2 Å². The van der Waals surface area contributed by atoms with Crippen LogP contribution in [0.5, 0.6) is 0 Å². The van der Waals surface area contributed by atoms with Crippen LogP contribution in [0.25, 0.3) is 0 Å². The van der Waals surface area contributed by atoms with E-state index in [0.29, 0.717) is 22.1 Å². The minimum Gasteiger partial charge on any atom is -0.326 e. The number of nitrogens with one attached hydrogen (secondary N) is 2. The van der Waals surface area contributed by atoms with Gasteiger partial charge in [-0.25, -0.2) is 16.8 Å². The van der Waals surface area contributed by atoms with E-state index in [1.54, 1.807) is 24.3 Å². The topological polar surface area (TPSA) is 113 Å². The summed E-state index contributed by atoms with van der Waals surface area (Å²) in [6, 6.07) is 17.8. The summed E-state index contributed by atoms with van der Waals surface area (Å²) in [6.07, 6.45) is 1.44. The van der Waals surface area contributed by atoms with Crippen LogP contribution in [0.4, 0.5) is 17.1 Å². The first-order valence-corrected chi connectivity index (χ1v) is 14.8. The van der Waals surface area contributed by atoms with Gasteiger partial charge in [0.05, 0.1) is 22.5 Å². The molecule has 8 nitrogen and oxygen atoms in total. The van der Waals surface area contributed by atoms with Gasteiger partial charge in [0.15, 0.2) is 0 Å². The summed E-state index contributed by atoms with van der Waals surface area (Å²) < 4.78 is 53.8. The molecule has 0 bridgehead atoms. The van der Waals surface area contributed by atoms with Gasteiger partial charge in [-0.2, -0.15) is 0 Å². The molecule has 0 aliphatic carbocycles. The summed E-state index contributed by atoms with van der Waals surface area (Å²) in [6.45, 7) is 3.76. The van der Waals surface area contributed by atoms with Crippen LogP contribution in [0, 0.1) is 13.8 Å². The highest BCUT2D eigenvalue weighted by Gasteiger charge is 2.19. The lowest BCUT2D eigenvalue weighted by molar-refractivity contribution is -0.116. The summed E-state index contributed by atoms with van der Waals surface area (Å²) in [5.41, 5.74) is 3.02. The molecule has 0 saturated heterocycles. The molecule has 11 heteroatoms. The quantitative estimate of drug-likeness (QED) is 0.372. The van der Waals surface area contributed by atoms with Crippen molar-refractivity contribution in [1.82, 2.24) is 0 Å². The maximum absolute atomic E-state index is 12.8. The van der Waals surface area contributed by atoms with Crippen molar-refractivity contribution in [2.75, 3.05) is 27.1 Å². The van der Waals surface area contributed by atoms with E-state index in [9.17, 15) is 21.6 Å². The van der Waals surface area contributed by atoms with E-state index in [4.69, 9.17) is 11.6 Å². The van der Waals surface area contributed by atoms with E-state index in [0.717, 1.165) is 17.4 Å². The molecule has 2 N–H and O–H groups in total. The Labute approximate surface area is 217 Å².